The number of para-hydroxylation sites is 2. The van der Waals surface area contributed by atoms with Crippen LogP contribution < -0.4 is 0 Å². The van der Waals surface area contributed by atoms with Crippen LogP contribution in [0.2, 0.25) is 0 Å². The Labute approximate surface area is 194 Å². The largest absolute Gasteiger partial charge is 0.297 e. The molecular formula is C28H29N5. The summed E-state index contributed by atoms with van der Waals surface area (Å²) in [5.41, 5.74) is 7.85. The van der Waals surface area contributed by atoms with Gasteiger partial charge in [0.2, 0.25) is 0 Å². The Morgan fingerprint density at radius 1 is 0.788 bits per heavy atom. The zero-order valence-corrected chi connectivity index (χ0v) is 19.8. The summed E-state index contributed by atoms with van der Waals surface area (Å²) in [6, 6.07) is 23.3. The smallest absolute Gasteiger partial charge is 0.163 e. The minimum absolute atomic E-state index is 0.375. The average molecular weight is 436 g/mol. The third kappa shape index (κ3) is 3.63. The summed E-state index contributed by atoms with van der Waals surface area (Å²) in [6.07, 6.45) is 1.65. The van der Waals surface area contributed by atoms with Gasteiger partial charge in [-0.3, -0.25) is 4.57 Å². The monoisotopic (exact) mass is 435 g/mol. The van der Waals surface area contributed by atoms with E-state index < -0.39 is 0 Å². The summed E-state index contributed by atoms with van der Waals surface area (Å²) < 4.78 is 4.21. The molecule has 0 bridgehead atoms. The first-order chi connectivity index (χ1) is 16.0. The summed E-state index contributed by atoms with van der Waals surface area (Å²) >= 11 is 0. The first-order valence-electron chi connectivity index (χ1n) is 11.5. The maximum Gasteiger partial charge on any atom is 0.163 e. The van der Waals surface area contributed by atoms with Gasteiger partial charge < -0.3 is 0 Å². The minimum atomic E-state index is 0.375. The molecule has 2 heterocycles. The Balaban J connectivity index is 1.72. The zero-order valence-electron chi connectivity index (χ0n) is 19.8. The first kappa shape index (κ1) is 21.1. The molecule has 0 aliphatic rings. The molecule has 0 unspecified atom stereocenters. The fourth-order valence-electron chi connectivity index (χ4n) is 4.60. The Hall–Kier alpha value is -3.73. The zero-order chi connectivity index (χ0) is 23.1. The maximum absolute atomic E-state index is 4.79. The van der Waals surface area contributed by atoms with Gasteiger partial charge in [-0.15, -0.1) is 0 Å². The molecule has 0 saturated carbocycles. The van der Waals surface area contributed by atoms with Gasteiger partial charge in [-0.25, -0.2) is 14.6 Å². The van der Waals surface area contributed by atoms with Gasteiger partial charge in [-0.05, 0) is 60.2 Å². The van der Waals surface area contributed by atoms with Gasteiger partial charge in [0.05, 0.1) is 16.7 Å². The molecular weight excluding hydrogens is 406 g/mol. The van der Waals surface area contributed by atoms with Crippen LogP contribution in [0.3, 0.4) is 0 Å². The standard InChI is InChI=1S/C28H29N5/c1-18(2)23-12-9-13-24(19(3)4)27(23)33-28(29-17-30-33)21-14-15-25-26(16-21)32(20(5)31-25)22-10-7-6-8-11-22/h6-19H,1-5H3. The lowest BCUT2D eigenvalue weighted by Gasteiger charge is -2.20. The van der Waals surface area contributed by atoms with Crippen molar-refractivity contribution in [2.24, 2.45) is 0 Å². The molecule has 0 aliphatic heterocycles. The van der Waals surface area contributed by atoms with E-state index in [0.717, 1.165) is 39.6 Å². The number of benzene rings is 3. The van der Waals surface area contributed by atoms with Crippen LogP contribution >= 0.6 is 0 Å². The van der Waals surface area contributed by atoms with Crippen LogP contribution in [0.4, 0.5) is 0 Å². The lowest BCUT2D eigenvalue weighted by atomic mass is 9.92. The predicted molar refractivity (Wildman–Crippen MR) is 134 cm³/mol. The van der Waals surface area contributed by atoms with Crippen LogP contribution in [0.25, 0.3) is 33.8 Å². The van der Waals surface area contributed by atoms with Crippen molar-refractivity contribution in [1.82, 2.24) is 24.3 Å². The summed E-state index contributed by atoms with van der Waals surface area (Å²) in [5, 5.41) is 4.70. The Bertz CT molecular complexity index is 1400. The van der Waals surface area contributed by atoms with Crippen molar-refractivity contribution in [3.8, 4) is 22.8 Å². The number of hydrogen-bond acceptors (Lipinski definition) is 3. The maximum atomic E-state index is 4.79. The quantitative estimate of drug-likeness (QED) is 0.304. The molecule has 0 N–H and O–H groups in total. The van der Waals surface area contributed by atoms with Crippen LogP contribution in [0.15, 0.2) is 73.1 Å². The van der Waals surface area contributed by atoms with Crippen molar-refractivity contribution >= 4 is 11.0 Å². The molecule has 0 spiro atoms. The molecule has 5 nitrogen and oxygen atoms in total. The van der Waals surface area contributed by atoms with Gasteiger partial charge in [-0.2, -0.15) is 5.10 Å². The number of hydrogen-bond donors (Lipinski definition) is 0. The summed E-state index contributed by atoms with van der Waals surface area (Å²) in [6.45, 7) is 11.0. The number of nitrogens with zero attached hydrogens (tertiary/aromatic N) is 5. The van der Waals surface area contributed by atoms with E-state index in [9.17, 15) is 0 Å². The molecule has 33 heavy (non-hydrogen) atoms. The molecule has 0 aliphatic carbocycles. The van der Waals surface area contributed by atoms with E-state index in [-0.39, 0.29) is 0 Å². The summed E-state index contributed by atoms with van der Waals surface area (Å²) in [5.74, 6) is 2.55. The second kappa shape index (κ2) is 8.32. The third-order valence-corrected chi connectivity index (χ3v) is 6.20. The molecule has 5 aromatic rings. The minimum Gasteiger partial charge on any atom is -0.297 e. The number of aromatic nitrogens is 5. The number of rotatable bonds is 5. The highest BCUT2D eigenvalue weighted by Crippen LogP contribution is 2.34. The van der Waals surface area contributed by atoms with Gasteiger partial charge in [0.1, 0.15) is 12.2 Å². The van der Waals surface area contributed by atoms with Crippen LogP contribution in [0, 0.1) is 6.92 Å². The van der Waals surface area contributed by atoms with Crippen molar-refractivity contribution in [1.29, 1.82) is 0 Å². The molecule has 0 saturated heterocycles. The van der Waals surface area contributed by atoms with Crippen molar-refractivity contribution in [2.45, 2.75) is 46.5 Å². The second-order valence-corrected chi connectivity index (χ2v) is 9.12. The van der Waals surface area contributed by atoms with E-state index in [1.807, 2.05) is 17.7 Å². The lowest BCUT2D eigenvalue weighted by Crippen LogP contribution is -2.09. The van der Waals surface area contributed by atoms with E-state index in [2.05, 4.69) is 92.9 Å². The number of imidazole rings is 1. The van der Waals surface area contributed by atoms with Crippen molar-refractivity contribution in [3.05, 3.63) is 90.0 Å². The highest BCUT2D eigenvalue weighted by molar-refractivity contribution is 5.83. The van der Waals surface area contributed by atoms with Crippen molar-refractivity contribution in [3.63, 3.8) is 0 Å². The molecule has 0 fully saturated rings. The fourth-order valence-corrected chi connectivity index (χ4v) is 4.60. The van der Waals surface area contributed by atoms with Gasteiger partial charge in [0.25, 0.3) is 0 Å². The highest BCUT2D eigenvalue weighted by atomic mass is 15.3. The molecule has 2 aromatic heterocycles. The first-order valence-corrected chi connectivity index (χ1v) is 11.5. The molecule has 5 heteroatoms. The Kier molecular flexibility index (Phi) is 5.33. The van der Waals surface area contributed by atoms with Crippen LogP contribution in [-0.2, 0) is 0 Å². The van der Waals surface area contributed by atoms with Crippen molar-refractivity contribution in [2.75, 3.05) is 0 Å². The molecule has 3 aromatic carbocycles. The van der Waals surface area contributed by atoms with E-state index in [1.54, 1.807) is 6.33 Å². The third-order valence-electron chi connectivity index (χ3n) is 6.20. The van der Waals surface area contributed by atoms with Gasteiger partial charge in [0, 0.05) is 11.3 Å². The van der Waals surface area contributed by atoms with E-state index in [0.29, 0.717) is 11.8 Å². The lowest BCUT2D eigenvalue weighted by molar-refractivity contribution is 0.773. The van der Waals surface area contributed by atoms with Crippen LogP contribution in [-0.4, -0.2) is 24.3 Å². The Morgan fingerprint density at radius 2 is 1.48 bits per heavy atom. The topological polar surface area (TPSA) is 48.5 Å². The van der Waals surface area contributed by atoms with E-state index >= 15 is 0 Å². The highest BCUT2D eigenvalue weighted by Gasteiger charge is 2.20. The molecule has 0 radical (unpaired) electrons. The van der Waals surface area contributed by atoms with Gasteiger partial charge >= 0.3 is 0 Å². The molecule has 0 atom stereocenters. The molecule has 0 amide bonds. The van der Waals surface area contributed by atoms with Gasteiger partial charge in [-0.1, -0.05) is 64.1 Å². The second-order valence-electron chi connectivity index (χ2n) is 9.12. The fraction of sp³-hybridized carbons (Fsp3) is 0.250. The summed E-state index contributed by atoms with van der Waals surface area (Å²) in [4.78, 5) is 9.49. The predicted octanol–water partition coefficient (Wildman–Crippen LogP) is 6.83. The van der Waals surface area contributed by atoms with Gasteiger partial charge in [0.15, 0.2) is 5.82 Å². The number of fused-ring (bicyclic) bond motifs is 1. The van der Waals surface area contributed by atoms with E-state index in [4.69, 9.17) is 15.1 Å². The molecule has 166 valence electrons. The van der Waals surface area contributed by atoms with E-state index in [1.165, 1.54) is 11.1 Å². The summed E-state index contributed by atoms with van der Waals surface area (Å²) in [7, 11) is 0. The average Bonchev–Trinajstić information content (AvgIpc) is 3.42. The van der Waals surface area contributed by atoms with Crippen molar-refractivity contribution < 1.29 is 0 Å². The van der Waals surface area contributed by atoms with Crippen LogP contribution in [0.1, 0.15) is 56.5 Å². The van der Waals surface area contributed by atoms with Crippen LogP contribution in [0.5, 0.6) is 0 Å². The number of aryl methyl sites for hydroxylation is 1. The normalized spacial score (nSPS) is 11.7. The Morgan fingerprint density at radius 3 is 2.15 bits per heavy atom. The SMILES string of the molecule is Cc1nc2ccc(-c3ncnn3-c3c(C(C)C)cccc3C(C)C)cc2n1-c1ccccc1. The molecule has 5 rings (SSSR count).